The molecule has 88 valence electrons. The van der Waals surface area contributed by atoms with Crippen LogP contribution in [-0.4, -0.2) is 18.0 Å². The minimum absolute atomic E-state index is 0.104. The molecule has 1 aromatic carbocycles. The van der Waals surface area contributed by atoms with E-state index in [0.717, 1.165) is 35.6 Å². The van der Waals surface area contributed by atoms with Gasteiger partial charge in [0.15, 0.2) is 0 Å². The molecule has 16 heavy (non-hydrogen) atoms. The predicted molar refractivity (Wildman–Crippen MR) is 67.8 cm³/mol. The molecule has 0 aromatic heterocycles. The molecular formula is C13H17BrFN. The van der Waals surface area contributed by atoms with Crippen molar-refractivity contribution >= 4 is 15.9 Å². The summed E-state index contributed by atoms with van der Waals surface area (Å²) in [6.45, 7) is 5.20. The molecule has 1 nitrogen and oxygen atoms in total. The molecule has 1 fully saturated rings. The predicted octanol–water partition coefficient (Wildman–Crippen LogP) is 3.82. The number of nitrogens with zero attached hydrogens (tertiary/aromatic N) is 1. The summed E-state index contributed by atoms with van der Waals surface area (Å²) in [6, 6.07) is 5.33. The first-order chi connectivity index (χ1) is 7.65. The Bertz CT molecular complexity index is 367. The monoisotopic (exact) mass is 285 g/mol. The minimum atomic E-state index is -0.104. The van der Waals surface area contributed by atoms with Gasteiger partial charge in [0.25, 0.3) is 0 Å². The first kappa shape index (κ1) is 12.1. The molecular weight excluding hydrogens is 269 g/mol. The van der Waals surface area contributed by atoms with E-state index in [1.165, 1.54) is 12.8 Å². The van der Waals surface area contributed by atoms with E-state index in [0.29, 0.717) is 0 Å². The second-order valence-electron chi connectivity index (χ2n) is 4.72. The number of rotatable bonds is 2. The van der Waals surface area contributed by atoms with Gasteiger partial charge in [0.05, 0.1) is 0 Å². The van der Waals surface area contributed by atoms with Crippen LogP contribution in [0.25, 0.3) is 0 Å². The molecule has 0 bridgehead atoms. The van der Waals surface area contributed by atoms with E-state index in [-0.39, 0.29) is 5.82 Å². The van der Waals surface area contributed by atoms with E-state index >= 15 is 0 Å². The molecule has 0 saturated carbocycles. The van der Waals surface area contributed by atoms with Crippen molar-refractivity contribution in [1.82, 2.24) is 4.90 Å². The van der Waals surface area contributed by atoms with Gasteiger partial charge in [0.2, 0.25) is 0 Å². The van der Waals surface area contributed by atoms with Crippen molar-refractivity contribution in [2.45, 2.75) is 26.3 Å². The average molecular weight is 286 g/mol. The van der Waals surface area contributed by atoms with Crippen LogP contribution in [0.4, 0.5) is 4.39 Å². The van der Waals surface area contributed by atoms with Crippen LogP contribution in [0.15, 0.2) is 22.7 Å². The molecule has 0 N–H and O–H groups in total. The average Bonchev–Trinajstić information content (AvgIpc) is 2.22. The van der Waals surface area contributed by atoms with Gasteiger partial charge in [-0.05, 0) is 37.4 Å². The highest BCUT2D eigenvalue weighted by atomic mass is 79.9. The van der Waals surface area contributed by atoms with Crippen molar-refractivity contribution < 1.29 is 4.39 Å². The van der Waals surface area contributed by atoms with Crippen LogP contribution in [0.2, 0.25) is 0 Å². The summed E-state index contributed by atoms with van der Waals surface area (Å²) < 4.78 is 14.5. The van der Waals surface area contributed by atoms with Crippen molar-refractivity contribution in [3.8, 4) is 0 Å². The number of benzene rings is 1. The van der Waals surface area contributed by atoms with E-state index in [2.05, 4.69) is 27.8 Å². The molecule has 0 spiro atoms. The fourth-order valence-corrected chi connectivity index (χ4v) is 2.65. The maximum absolute atomic E-state index is 13.6. The SMILES string of the molecule is C[C@H]1CCCN(Cc2ccc(Br)cc2F)C1. The number of hydrogen-bond donors (Lipinski definition) is 0. The van der Waals surface area contributed by atoms with Gasteiger partial charge in [0, 0.05) is 23.1 Å². The Morgan fingerprint density at radius 1 is 1.50 bits per heavy atom. The van der Waals surface area contributed by atoms with Crippen LogP contribution in [0, 0.1) is 11.7 Å². The Labute approximate surface area is 105 Å². The Hall–Kier alpha value is -0.410. The third kappa shape index (κ3) is 3.05. The third-order valence-electron chi connectivity index (χ3n) is 3.15. The molecule has 0 aliphatic carbocycles. The van der Waals surface area contributed by atoms with Gasteiger partial charge in [-0.1, -0.05) is 28.9 Å². The molecule has 1 atom stereocenters. The molecule has 0 radical (unpaired) electrons. The van der Waals surface area contributed by atoms with E-state index in [4.69, 9.17) is 0 Å². The summed E-state index contributed by atoms with van der Waals surface area (Å²) in [5, 5.41) is 0. The molecule has 3 heteroatoms. The summed E-state index contributed by atoms with van der Waals surface area (Å²) in [5.41, 5.74) is 0.803. The highest BCUT2D eigenvalue weighted by molar-refractivity contribution is 9.10. The zero-order chi connectivity index (χ0) is 11.5. The normalized spacial score (nSPS) is 22.3. The second-order valence-corrected chi connectivity index (χ2v) is 5.63. The van der Waals surface area contributed by atoms with Crippen molar-refractivity contribution in [3.05, 3.63) is 34.1 Å². The van der Waals surface area contributed by atoms with Gasteiger partial charge in [-0.3, -0.25) is 4.90 Å². The smallest absolute Gasteiger partial charge is 0.128 e. The highest BCUT2D eigenvalue weighted by Crippen LogP contribution is 2.20. The first-order valence-electron chi connectivity index (χ1n) is 5.81. The van der Waals surface area contributed by atoms with Crippen molar-refractivity contribution in [2.75, 3.05) is 13.1 Å². The maximum atomic E-state index is 13.6. The van der Waals surface area contributed by atoms with Gasteiger partial charge in [-0.25, -0.2) is 4.39 Å². The molecule has 1 aromatic rings. The lowest BCUT2D eigenvalue weighted by molar-refractivity contribution is 0.175. The lowest BCUT2D eigenvalue weighted by Crippen LogP contribution is -2.33. The fourth-order valence-electron chi connectivity index (χ4n) is 2.32. The lowest BCUT2D eigenvalue weighted by Gasteiger charge is -2.30. The quantitative estimate of drug-likeness (QED) is 0.799. The Morgan fingerprint density at radius 3 is 3.00 bits per heavy atom. The number of hydrogen-bond acceptors (Lipinski definition) is 1. The maximum Gasteiger partial charge on any atom is 0.128 e. The zero-order valence-corrected chi connectivity index (χ0v) is 11.1. The first-order valence-corrected chi connectivity index (χ1v) is 6.61. The summed E-state index contributed by atoms with van der Waals surface area (Å²) in [4.78, 5) is 2.35. The highest BCUT2D eigenvalue weighted by Gasteiger charge is 2.17. The van der Waals surface area contributed by atoms with Crippen molar-refractivity contribution in [2.24, 2.45) is 5.92 Å². The Kier molecular flexibility index (Phi) is 3.98. The van der Waals surface area contributed by atoms with Crippen molar-refractivity contribution in [1.29, 1.82) is 0 Å². The van der Waals surface area contributed by atoms with Crippen LogP contribution in [0.1, 0.15) is 25.3 Å². The largest absolute Gasteiger partial charge is 0.299 e. The van der Waals surface area contributed by atoms with E-state index < -0.39 is 0 Å². The van der Waals surface area contributed by atoms with Crippen LogP contribution < -0.4 is 0 Å². The van der Waals surface area contributed by atoms with Gasteiger partial charge < -0.3 is 0 Å². The van der Waals surface area contributed by atoms with E-state index in [1.807, 2.05) is 12.1 Å². The molecule has 1 saturated heterocycles. The summed E-state index contributed by atoms with van der Waals surface area (Å²) in [6.07, 6.45) is 2.54. The summed E-state index contributed by atoms with van der Waals surface area (Å²) in [7, 11) is 0. The van der Waals surface area contributed by atoms with Crippen LogP contribution in [-0.2, 0) is 6.54 Å². The topological polar surface area (TPSA) is 3.24 Å². The summed E-state index contributed by atoms with van der Waals surface area (Å²) >= 11 is 3.28. The Morgan fingerprint density at radius 2 is 2.31 bits per heavy atom. The second kappa shape index (κ2) is 5.28. The van der Waals surface area contributed by atoms with Crippen LogP contribution in [0.3, 0.4) is 0 Å². The van der Waals surface area contributed by atoms with E-state index in [9.17, 15) is 4.39 Å². The molecule has 1 aliphatic rings. The number of halogens is 2. The molecule has 1 heterocycles. The fraction of sp³-hybridized carbons (Fsp3) is 0.538. The van der Waals surface area contributed by atoms with E-state index in [1.54, 1.807) is 6.07 Å². The Balaban J connectivity index is 2.02. The third-order valence-corrected chi connectivity index (χ3v) is 3.64. The van der Waals surface area contributed by atoms with Crippen LogP contribution >= 0.6 is 15.9 Å². The number of likely N-dealkylation sites (tertiary alicyclic amines) is 1. The molecule has 0 amide bonds. The van der Waals surface area contributed by atoms with Gasteiger partial charge >= 0.3 is 0 Å². The zero-order valence-electron chi connectivity index (χ0n) is 9.55. The molecule has 1 aliphatic heterocycles. The van der Waals surface area contributed by atoms with Gasteiger partial charge in [-0.15, -0.1) is 0 Å². The standard InChI is InChI=1S/C13H17BrFN/c1-10-3-2-6-16(8-10)9-11-4-5-12(14)7-13(11)15/h4-5,7,10H,2-3,6,8-9H2,1H3/t10-/m0/s1. The molecule has 0 unspecified atom stereocenters. The lowest BCUT2D eigenvalue weighted by atomic mass is 10.00. The number of piperidine rings is 1. The molecule has 2 rings (SSSR count). The van der Waals surface area contributed by atoms with Crippen LogP contribution in [0.5, 0.6) is 0 Å². The van der Waals surface area contributed by atoms with Gasteiger partial charge in [0.1, 0.15) is 5.82 Å². The summed E-state index contributed by atoms with van der Waals surface area (Å²) in [5.74, 6) is 0.639. The van der Waals surface area contributed by atoms with Gasteiger partial charge in [-0.2, -0.15) is 0 Å². The minimum Gasteiger partial charge on any atom is -0.299 e. The van der Waals surface area contributed by atoms with Crippen molar-refractivity contribution in [3.63, 3.8) is 0 Å².